The normalized spacial score (nSPS) is 16.7. The molecular formula is C21H27FN2O2. The van der Waals surface area contributed by atoms with Crippen molar-refractivity contribution in [3.05, 3.63) is 71.5 Å². The van der Waals surface area contributed by atoms with Gasteiger partial charge in [-0.05, 0) is 23.3 Å². The summed E-state index contributed by atoms with van der Waals surface area (Å²) in [5.41, 5.74) is 1.97. The molecule has 2 aromatic carbocycles. The van der Waals surface area contributed by atoms with Crippen LogP contribution in [0.5, 0.6) is 0 Å². The van der Waals surface area contributed by atoms with E-state index in [9.17, 15) is 9.50 Å². The average Bonchev–Trinajstić information content (AvgIpc) is 2.69. The fourth-order valence-electron chi connectivity index (χ4n) is 3.22. The van der Waals surface area contributed by atoms with Gasteiger partial charge in [0.15, 0.2) is 0 Å². The first-order valence-corrected chi connectivity index (χ1v) is 9.20. The molecule has 0 radical (unpaired) electrons. The van der Waals surface area contributed by atoms with Crippen LogP contribution < -0.4 is 0 Å². The number of halogens is 1. The van der Waals surface area contributed by atoms with Gasteiger partial charge in [-0.3, -0.25) is 9.80 Å². The molecule has 3 rings (SSSR count). The topological polar surface area (TPSA) is 35.9 Å². The van der Waals surface area contributed by atoms with Gasteiger partial charge in [0.1, 0.15) is 5.82 Å². The maximum absolute atomic E-state index is 13.2. The summed E-state index contributed by atoms with van der Waals surface area (Å²) in [5, 5.41) is 10.6. The van der Waals surface area contributed by atoms with Crippen LogP contribution in [0.15, 0.2) is 54.6 Å². The Kier molecular flexibility index (Phi) is 7.14. The highest BCUT2D eigenvalue weighted by Crippen LogP contribution is 2.16. The number of aliphatic hydroxyl groups excluding tert-OH is 1. The Bertz CT molecular complexity index is 645. The lowest BCUT2D eigenvalue weighted by atomic mass is 10.1. The summed E-state index contributed by atoms with van der Waals surface area (Å²) in [7, 11) is 0. The quantitative estimate of drug-likeness (QED) is 0.787. The Morgan fingerprint density at radius 3 is 2.42 bits per heavy atom. The Balaban J connectivity index is 1.62. The van der Waals surface area contributed by atoms with Crippen molar-refractivity contribution in [2.24, 2.45) is 0 Å². The van der Waals surface area contributed by atoms with E-state index in [0.717, 1.165) is 50.5 Å². The van der Waals surface area contributed by atoms with Crippen molar-refractivity contribution in [1.29, 1.82) is 0 Å². The van der Waals surface area contributed by atoms with Crippen LogP contribution >= 0.6 is 0 Å². The molecule has 2 aromatic rings. The van der Waals surface area contributed by atoms with Crippen LogP contribution in [0.25, 0.3) is 0 Å². The van der Waals surface area contributed by atoms with Crippen molar-refractivity contribution < 1.29 is 14.2 Å². The minimum Gasteiger partial charge on any atom is -0.387 e. The third-order valence-electron chi connectivity index (χ3n) is 4.77. The predicted octanol–water partition coefficient (Wildman–Crippen LogP) is 2.69. The molecule has 1 atom stereocenters. The molecule has 1 heterocycles. The SMILES string of the molecule is O[C@@H](CN(CCN1CCOCC1)Cc1ccc(F)cc1)c1ccccc1. The molecule has 1 fully saturated rings. The van der Waals surface area contributed by atoms with E-state index in [1.54, 1.807) is 0 Å². The van der Waals surface area contributed by atoms with Gasteiger partial charge in [0.25, 0.3) is 0 Å². The molecule has 0 aliphatic carbocycles. The number of benzene rings is 2. The van der Waals surface area contributed by atoms with Crippen molar-refractivity contribution in [3.63, 3.8) is 0 Å². The number of rotatable bonds is 8. The fourth-order valence-corrected chi connectivity index (χ4v) is 3.22. The van der Waals surface area contributed by atoms with E-state index in [-0.39, 0.29) is 5.82 Å². The molecular weight excluding hydrogens is 331 g/mol. The van der Waals surface area contributed by atoms with Gasteiger partial charge >= 0.3 is 0 Å². The Morgan fingerprint density at radius 2 is 1.73 bits per heavy atom. The van der Waals surface area contributed by atoms with Gasteiger partial charge in [-0.1, -0.05) is 42.5 Å². The monoisotopic (exact) mass is 358 g/mol. The maximum Gasteiger partial charge on any atom is 0.123 e. The van der Waals surface area contributed by atoms with Crippen LogP contribution in [0.2, 0.25) is 0 Å². The molecule has 1 saturated heterocycles. The molecule has 0 saturated carbocycles. The lowest BCUT2D eigenvalue weighted by Crippen LogP contribution is -2.42. The maximum atomic E-state index is 13.2. The number of aliphatic hydroxyl groups is 1. The van der Waals surface area contributed by atoms with Crippen molar-refractivity contribution in [2.45, 2.75) is 12.6 Å². The lowest BCUT2D eigenvalue weighted by molar-refractivity contribution is 0.0291. The number of hydrogen-bond donors (Lipinski definition) is 1. The molecule has 0 aromatic heterocycles. The lowest BCUT2D eigenvalue weighted by Gasteiger charge is -2.31. The van der Waals surface area contributed by atoms with Gasteiger partial charge in [0.2, 0.25) is 0 Å². The van der Waals surface area contributed by atoms with E-state index < -0.39 is 6.10 Å². The smallest absolute Gasteiger partial charge is 0.123 e. The summed E-state index contributed by atoms with van der Waals surface area (Å²) >= 11 is 0. The minimum absolute atomic E-state index is 0.224. The van der Waals surface area contributed by atoms with E-state index in [0.29, 0.717) is 13.1 Å². The minimum atomic E-state index is -0.540. The van der Waals surface area contributed by atoms with Gasteiger partial charge in [-0.2, -0.15) is 0 Å². The molecule has 0 unspecified atom stereocenters. The van der Waals surface area contributed by atoms with Crippen molar-refractivity contribution in [1.82, 2.24) is 9.80 Å². The van der Waals surface area contributed by atoms with Crippen molar-refractivity contribution in [2.75, 3.05) is 45.9 Å². The van der Waals surface area contributed by atoms with Gasteiger partial charge in [-0.25, -0.2) is 4.39 Å². The zero-order valence-corrected chi connectivity index (χ0v) is 15.1. The van der Waals surface area contributed by atoms with Crippen LogP contribution in [0.1, 0.15) is 17.2 Å². The van der Waals surface area contributed by atoms with Gasteiger partial charge in [-0.15, -0.1) is 0 Å². The van der Waals surface area contributed by atoms with E-state index >= 15 is 0 Å². The first-order valence-electron chi connectivity index (χ1n) is 9.20. The second kappa shape index (κ2) is 9.78. The summed E-state index contributed by atoms with van der Waals surface area (Å²) < 4.78 is 18.6. The highest BCUT2D eigenvalue weighted by molar-refractivity contribution is 5.18. The Labute approximate surface area is 154 Å². The van der Waals surface area contributed by atoms with E-state index in [1.165, 1.54) is 12.1 Å². The number of nitrogens with zero attached hydrogens (tertiary/aromatic N) is 2. The zero-order valence-electron chi connectivity index (χ0n) is 15.1. The van der Waals surface area contributed by atoms with E-state index in [1.807, 2.05) is 42.5 Å². The molecule has 5 heteroatoms. The number of morpholine rings is 1. The molecule has 0 amide bonds. The number of hydrogen-bond acceptors (Lipinski definition) is 4. The molecule has 140 valence electrons. The standard InChI is InChI=1S/C21H27FN2O2/c22-20-8-6-18(7-9-20)16-24(11-10-23-12-14-26-15-13-23)17-21(25)19-4-2-1-3-5-19/h1-9,21,25H,10-17H2/t21-/m0/s1. The average molecular weight is 358 g/mol. The first kappa shape index (κ1) is 19.0. The van der Waals surface area contributed by atoms with Gasteiger partial charge in [0, 0.05) is 39.3 Å². The summed E-state index contributed by atoms with van der Waals surface area (Å²) in [4.78, 5) is 4.62. The highest BCUT2D eigenvalue weighted by Gasteiger charge is 2.16. The molecule has 1 aliphatic rings. The fraction of sp³-hybridized carbons (Fsp3) is 0.429. The van der Waals surface area contributed by atoms with Crippen LogP contribution in [-0.2, 0) is 11.3 Å². The first-order chi connectivity index (χ1) is 12.7. The summed E-state index contributed by atoms with van der Waals surface area (Å²) in [6, 6.07) is 16.3. The summed E-state index contributed by atoms with van der Waals surface area (Å²) in [5.74, 6) is -0.224. The van der Waals surface area contributed by atoms with E-state index in [2.05, 4.69) is 9.80 Å². The number of ether oxygens (including phenoxy) is 1. The van der Waals surface area contributed by atoms with Crippen LogP contribution in [0, 0.1) is 5.82 Å². The van der Waals surface area contributed by atoms with Gasteiger partial charge in [0.05, 0.1) is 19.3 Å². The highest BCUT2D eigenvalue weighted by atomic mass is 19.1. The third kappa shape index (κ3) is 5.88. The Hall–Kier alpha value is -1.79. The van der Waals surface area contributed by atoms with Crippen LogP contribution in [0.4, 0.5) is 4.39 Å². The Morgan fingerprint density at radius 1 is 1.04 bits per heavy atom. The van der Waals surface area contributed by atoms with Crippen molar-refractivity contribution >= 4 is 0 Å². The second-order valence-corrected chi connectivity index (χ2v) is 6.74. The summed E-state index contributed by atoms with van der Waals surface area (Å²) in [6.07, 6.45) is -0.540. The van der Waals surface area contributed by atoms with Gasteiger partial charge < -0.3 is 9.84 Å². The van der Waals surface area contributed by atoms with Crippen LogP contribution in [0.3, 0.4) is 0 Å². The molecule has 4 nitrogen and oxygen atoms in total. The molecule has 0 spiro atoms. The molecule has 26 heavy (non-hydrogen) atoms. The third-order valence-corrected chi connectivity index (χ3v) is 4.77. The predicted molar refractivity (Wildman–Crippen MR) is 100 cm³/mol. The van der Waals surface area contributed by atoms with Crippen molar-refractivity contribution in [3.8, 4) is 0 Å². The molecule has 0 bridgehead atoms. The van der Waals surface area contributed by atoms with Crippen LogP contribution in [-0.4, -0.2) is 60.8 Å². The molecule has 1 aliphatic heterocycles. The second-order valence-electron chi connectivity index (χ2n) is 6.74. The summed E-state index contributed by atoms with van der Waals surface area (Å²) in [6.45, 7) is 6.49. The zero-order chi connectivity index (χ0) is 18.2. The molecule has 1 N–H and O–H groups in total. The largest absolute Gasteiger partial charge is 0.387 e. The van der Waals surface area contributed by atoms with E-state index in [4.69, 9.17) is 4.74 Å².